The minimum atomic E-state index is 0.741. The van der Waals surface area contributed by atoms with Crippen molar-refractivity contribution in [3.05, 3.63) is 22.4 Å². The molecule has 0 fully saturated rings. The minimum Gasteiger partial charge on any atom is -0.149 e. The molecule has 1 heterocycles. The standard InChI is InChI=1S/C11H18S/c1-4-6-9(2)10(3)11-7-5-8-12-11/h5,7-10H,4,6H2,1-3H3. The molecule has 0 aromatic carbocycles. The first-order valence-electron chi connectivity index (χ1n) is 4.79. The first kappa shape index (κ1) is 9.79. The molecular formula is C11H18S. The van der Waals surface area contributed by atoms with Gasteiger partial charge >= 0.3 is 0 Å². The normalized spacial score (nSPS) is 15.9. The van der Waals surface area contributed by atoms with Crippen LogP contribution in [-0.4, -0.2) is 0 Å². The molecule has 0 N–H and O–H groups in total. The molecule has 2 unspecified atom stereocenters. The summed E-state index contributed by atoms with van der Waals surface area (Å²) in [6.45, 7) is 6.96. The Balaban J connectivity index is 2.53. The van der Waals surface area contributed by atoms with Crippen molar-refractivity contribution in [2.45, 2.75) is 39.5 Å². The maximum Gasteiger partial charge on any atom is 0.00760 e. The van der Waals surface area contributed by atoms with E-state index in [4.69, 9.17) is 0 Å². The van der Waals surface area contributed by atoms with E-state index < -0.39 is 0 Å². The lowest BCUT2D eigenvalue weighted by Gasteiger charge is -2.17. The van der Waals surface area contributed by atoms with Gasteiger partial charge in [0.05, 0.1) is 0 Å². The largest absolute Gasteiger partial charge is 0.149 e. The summed E-state index contributed by atoms with van der Waals surface area (Å²) >= 11 is 1.89. The molecule has 0 aliphatic heterocycles. The molecule has 1 rings (SSSR count). The Kier molecular flexibility index (Phi) is 3.80. The van der Waals surface area contributed by atoms with E-state index in [-0.39, 0.29) is 0 Å². The summed E-state index contributed by atoms with van der Waals surface area (Å²) in [6.07, 6.45) is 2.65. The Morgan fingerprint density at radius 1 is 1.42 bits per heavy atom. The molecule has 0 bridgehead atoms. The van der Waals surface area contributed by atoms with Crippen molar-refractivity contribution in [2.24, 2.45) is 5.92 Å². The third-order valence-corrected chi connectivity index (χ3v) is 3.66. The zero-order valence-electron chi connectivity index (χ0n) is 8.21. The monoisotopic (exact) mass is 182 g/mol. The van der Waals surface area contributed by atoms with E-state index in [1.165, 1.54) is 17.7 Å². The Morgan fingerprint density at radius 3 is 2.67 bits per heavy atom. The van der Waals surface area contributed by atoms with Crippen molar-refractivity contribution < 1.29 is 0 Å². The summed E-state index contributed by atoms with van der Waals surface area (Å²) in [6, 6.07) is 4.40. The third-order valence-electron chi connectivity index (χ3n) is 2.59. The van der Waals surface area contributed by atoms with Gasteiger partial charge in [-0.3, -0.25) is 0 Å². The molecule has 12 heavy (non-hydrogen) atoms. The molecule has 1 aromatic rings. The lowest BCUT2D eigenvalue weighted by atomic mass is 9.91. The second-order valence-corrected chi connectivity index (χ2v) is 4.55. The summed E-state index contributed by atoms with van der Waals surface area (Å²) in [5.74, 6) is 1.57. The van der Waals surface area contributed by atoms with Crippen LogP contribution in [0.25, 0.3) is 0 Å². The molecule has 2 atom stereocenters. The highest BCUT2D eigenvalue weighted by atomic mass is 32.1. The van der Waals surface area contributed by atoms with Gasteiger partial charge in [0, 0.05) is 4.88 Å². The lowest BCUT2D eigenvalue weighted by Crippen LogP contribution is -2.03. The zero-order valence-corrected chi connectivity index (χ0v) is 9.03. The fourth-order valence-electron chi connectivity index (χ4n) is 1.54. The third kappa shape index (κ3) is 2.34. The minimum absolute atomic E-state index is 0.741. The molecule has 0 aliphatic carbocycles. The maximum atomic E-state index is 2.36. The van der Waals surface area contributed by atoms with Crippen LogP contribution in [0.3, 0.4) is 0 Å². The highest BCUT2D eigenvalue weighted by molar-refractivity contribution is 7.10. The van der Waals surface area contributed by atoms with Crippen LogP contribution in [0.4, 0.5) is 0 Å². The summed E-state index contributed by atoms with van der Waals surface area (Å²) in [5.41, 5.74) is 0. The van der Waals surface area contributed by atoms with Crippen molar-refractivity contribution in [3.8, 4) is 0 Å². The van der Waals surface area contributed by atoms with Gasteiger partial charge in [0.2, 0.25) is 0 Å². The first-order valence-corrected chi connectivity index (χ1v) is 5.67. The number of thiophene rings is 1. The summed E-state index contributed by atoms with van der Waals surface area (Å²) < 4.78 is 0. The summed E-state index contributed by atoms with van der Waals surface area (Å²) in [7, 11) is 0. The van der Waals surface area contributed by atoms with E-state index in [2.05, 4.69) is 38.3 Å². The van der Waals surface area contributed by atoms with Gasteiger partial charge in [-0.2, -0.15) is 0 Å². The molecule has 0 spiro atoms. The Bertz CT molecular complexity index is 201. The average Bonchev–Trinajstić information content (AvgIpc) is 2.55. The summed E-state index contributed by atoms with van der Waals surface area (Å²) in [5, 5.41) is 2.17. The van der Waals surface area contributed by atoms with Gasteiger partial charge in [-0.15, -0.1) is 11.3 Å². The predicted molar refractivity (Wildman–Crippen MR) is 56.8 cm³/mol. The SMILES string of the molecule is CCCC(C)C(C)c1cccs1. The van der Waals surface area contributed by atoms with Gasteiger partial charge < -0.3 is 0 Å². The van der Waals surface area contributed by atoms with Gasteiger partial charge in [-0.05, 0) is 23.3 Å². The van der Waals surface area contributed by atoms with Crippen molar-refractivity contribution >= 4 is 11.3 Å². The highest BCUT2D eigenvalue weighted by Gasteiger charge is 2.13. The molecule has 0 aliphatic rings. The summed E-state index contributed by atoms with van der Waals surface area (Å²) in [4.78, 5) is 1.54. The topological polar surface area (TPSA) is 0 Å². The predicted octanol–water partition coefficient (Wildman–Crippen LogP) is 4.29. The fraction of sp³-hybridized carbons (Fsp3) is 0.636. The van der Waals surface area contributed by atoms with Crippen LogP contribution in [0.15, 0.2) is 17.5 Å². The van der Waals surface area contributed by atoms with E-state index in [1.54, 1.807) is 0 Å². The number of hydrogen-bond acceptors (Lipinski definition) is 1. The fourth-order valence-corrected chi connectivity index (χ4v) is 2.45. The quantitative estimate of drug-likeness (QED) is 0.651. The average molecular weight is 182 g/mol. The van der Waals surface area contributed by atoms with E-state index in [0.29, 0.717) is 0 Å². The van der Waals surface area contributed by atoms with Gasteiger partial charge in [-0.25, -0.2) is 0 Å². The second kappa shape index (κ2) is 4.66. The Morgan fingerprint density at radius 2 is 2.17 bits per heavy atom. The lowest BCUT2D eigenvalue weighted by molar-refractivity contribution is 0.453. The van der Waals surface area contributed by atoms with Gasteiger partial charge in [0.25, 0.3) is 0 Å². The van der Waals surface area contributed by atoms with Gasteiger partial charge in [0.15, 0.2) is 0 Å². The van der Waals surface area contributed by atoms with Gasteiger partial charge in [-0.1, -0.05) is 39.7 Å². The molecule has 0 saturated carbocycles. The molecule has 0 saturated heterocycles. The molecule has 68 valence electrons. The van der Waals surface area contributed by atoms with Crippen LogP contribution in [-0.2, 0) is 0 Å². The highest BCUT2D eigenvalue weighted by Crippen LogP contribution is 2.30. The molecule has 0 radical (unpaired) electrons. The van der Waals surface area contributed by atoms with Crippen LogP contribution in [0.1, 0.15) is 44.4 Å². The molecule has 1 heteroatoms. The Hall–Kier alpha value is -0.300. The van der Waals surface area contributed by atoms with Crippen LogP contribution in [0.2, 0.25) is 0 Å². The smallest absolute Gasteiger partial charge is 0.00760 e. The maximum absolute atomic E-state index is 2.36. The number of rotatable bonds is 4. The van der Waals surface area contributed by atoms with Crippen molar-refractivity contribution in [3.63, 3.8) is 0 Å². The molecule has 0 nitrogen and oxygen atoms in total. The van der Waals surface area contributed by atoms with E-state index >= 15 is 0 Å². The van der Waals surface area contributed by atoms with Crippen LogP contribution < -0.4 is 0 Å². The van der Waals surface area contributed by atoms with Crippen molar-refractivity contribution in [2.75, 3.05) is 0 Å². The van der Waals surface area contributed by atoms with Crippen LogP contribution in [0.5, 0.6) is 0 Å². The van der Waals surface area contributed by atoms with Crippen LogP contribution in [0, 0.1) is 5.92 Å². The van der Waals surface area contributed by atoms with E-state index in [0.717, 1.165) is 11.8 Å². The second-order valence-electron chi connectivity index (χ2n) is 3.57. The van der Waals surface area contributed by atoms with Crippen molar-refractivity contribution in [1.82, 2.24) is 0 Å². The molecule has 1 aromatic heterocycles. The molecule has 0 amide bonds. The van der Waals surface area contributed by atoms with Crippen molar-refractivity contribution in [1.29, 1.82) is 0 Å². The van der Waals surface area contributed by atoms with Gasteiger partial charge in [0.1, 0.15) is 0 Å². The van der Waals surface area contributed by atoms with E-state index in [1.807, 2.05) is 11.3 Å². The first-order chi connectivity index (χ1) is 5.75. The Labute approximate surface area is 79.6 Å². The van der Waals surface area contributed by atoms with Crippen LogP contribution >= 0.6 is 11.3 Å². The van der Waals surface area contributed by atoms with E-state index in [9.17, 15) is 0 Å². The zero-order chi connectivity index (χ0) is 8.97. The molecular weight excluding hydrogens is 164 g/mol. The number of hydrogen-bond donors (Lipinski definition) is 0.